The van der Waals surface area contributed by atoms with Crippen LogP contribution in [0.4, 0.5) is 10.5 Å². The van der Waals surface area contributed by atoms with Gasteiger partial charge in [-0.1, -0.05) is 30.2 Å². The molecular weight excluding hydrogens is 310 g/mol. The smallest absolute Gasteiger partial charge is 0.319 e. The second kappa shape index (κ2) is 6.33. The van der Waals surface area contributed by atoms with Gasteiger partial charge in [-0.3, -0.25) is 4.90 Å². The second-order valence-electron chi connectivity index (χ2n) is 7.16. The van der Waals surface area contributed by atoms with Gasteiger partial charge in [-0.05, 0) is 50.7 Å². The van der Waals surface area contributed by atoms with Crippen LogP contribution < -0.4 is 10.6 Å². The Morgan fingerprint density at radius 3 is 2.39 bits per heavy atom. The molecule has 2 heterocycles. The van der Waals surface area contributed by atoms with Gasteiger partial charge in [0.1, 0.15) is 0 Å². The predicted molar refractivity (Wildman–Crippen MR) is 92.9 cm³/mol. The molecule has 0 aromatic heterocycles. The number of carbonyl (C=O) groups is 1. The number of nitrogens with one attached hydrogen (secondary N) is 2. The zero-order valence-electron chi connectivity index (χ0n) is 13.3. The van der Waals surface area contributed by atoms with Crippen LogP contribution in [-0.4, -0.2) is 35.1 Å². The van der Waals surface area contributed by atoms with Crippen LogP contribution >= 0.6 is 11.6 Å². The summed E-state index contributed by atoms with van der Waals surface area (Å²) in [6.45, 7) is 0. The van der Waals surface area contributed by atoms with E-state index in [1.165, 1.54) is 32.1 Å². The Morgan fingerprint density at radius 1 is 1.04 bits per heavy atom. The first-order valence-electron chi connectivity index (χ1n) is 8.80. The molecule has 0 radical (unpaired) electrons. The number of nitrogens with zero attached hydrogens (tertiary/aromatic N) is 1. The minimum absolute atomic E-state index is 0.138. The molecule has 1 aromatic rings. The average molecular weight is 334 g/mol. The lowest BCUT2D eigenvalue weighted by atomic mass is 9.81. The number of fused-ring (bicyclic) bond motifs is 2. The molecule has 2 aliphatic heterocycles. The average Bonchev–Trinajstić information content (AvgIpc) is 3.33. The summed E-state index contributed by atoms with van der Waals surface area (Å²) in [4.78, 5) is 15.1. The third-order valence-corrected chi connectivity index (χ3v) is 5.79. The number of hydrogen-bond acceptors (Lipinski definition) is 2. The highest BCUT2D eigenvalue weighted by molar-refractivity contribution is 6.33. The van der Waals surface area contributed by atoms with Gasteiger partial charge in [0.2, 0.25) is 0 Å². The number of carbonyl (C=O) groups excluding carboxylic acids is 1. The summed E-state index contributed by atoms with van der Waals surface area (Å²) in [6, 6.07) is 9.66. The Labute approximate surface area is 142 Å². The van der Waals surface area contributed by atoms with E-state index in [0.717, 1.165) is 18.9 Å². The largest absolute Gasteiger partial charge is 0.335 e. The fourth-order valence-corrected chi connectivity index (χ4v) is 4.59. The van der Waals surface area contributed by atoms with Crippen molar-refractivity contribution < 1.29 is 4.79 Å². The minimum Gasteiger partial charge on any atom is -0.335 e. The lowest BCUT2D eigenvalue weighted by Gasteiger charge is -2.49. The van der Waals surface area contributed by atoms with Gasteiger partial charge in [0, 0.05) is 24.2 Å². The summed E-state index contributed by atoms with van der Waals surface area (Å²) >= 11 is 6.10. The molecule has 1 aromatic carbocycles. The Kier molecular flexibility index (Phi) is 4.20. The maximum absolute atomic E-state index is 12.3. The maximum Gasteiger partial charge on any atom is 0.319 e. The van der Waals surface area contributed by atoms with Gasteiger partial charge in [-0.2, -0.15) is 0 Å². The van der Waals surface area contributed by atoms with Crippen LogP contribution in [0, 0.1) is 0 Å². The van der Waals surface area contributed by atoms with Crippen LogP contribution in [0.15, 0.2) is 24.3 Å². The normalized spacial score (nSPS) is 30.7. The van der Waals surface area contributed by atoms with Crippen LogP contribution in [-0.2, 0) is 0 Å². The summed E-state index contributed by atoms with van der Waals surface area (Å²) < 4.78 is 0. The molecule has 2 amide bonds. The van der Waals surface area contributed by atoms with Crippen molar-refractivity contribution in [3.8, 4) is 0 Å². The molecule has 4 nitrogen and oxygen atoms in total. The highest BCUT2D eigenvalue weighted by Crippen LogP contribution is 2.41. The molecule has 23 heavy (non-hydrogen) atoms. The molecule has 2 atom stereocenters. The molecule has 4 rings (SSSR count). The highest BCUT2D eigenvalue weighted by Gasteiger charge is 2.45. The van der Waals surface area contributed by atoms with Gasteiger partial charge < -0.3 is 10.6 Å². The number of amides is 2. The van der Waals surface area contributed by atoms with E-state index >= 15 is 0 Å². The summed E-state index contributed by atoms with van der Waals surface area (Å²) in [5, 5.41) is 6.61. The topological polar surface area (TPSA) is 44.4 Å². The third kappa shape index (κ3) is 3.33. The van der Waals surface area contributed by atoms with E-state index in [-0.39, 0.29) is 12.1 Å². The first-order valence-corrected chi connectivity index (χ1v) is 9.18. The molecule has 2 saturated heterocycles. The van der Waals surface area contributed by atoms with Crippen LogP contribution in [0.5, 0.6) is 0 Å². The standard InChI is InChI=1S/C18H24ClN3O/c19-16-6-1-2-7-17(16)21-18(23)20-12-10-14-4-3-5-15(11-12)22(14)13-8-9-13/h1-2,6-7,12-15H,3-5,8-11H2,(H2,20,21,23)/t14-,15-/m0/s1. The van der Waals surface area contributed by atoms with Crippen LogP contribution in [0.25, 0.3) is 0 Å². The van der Waals surface area contributed by atoms with Crippen molar-refractivity contribution in [2.75, 3.05) is 5.32 Å². The Hall–Kier alpha value is -1.26. The fraction of sp³-hybridized carbons (Fsp3) is 0.611. The Bertz CT molecular complexity index is 575. The zero-order valence-corrected chi connectivity index (χ0v) is 14.1. The molecule has 124 valence electrons. The van der Waals surface area contributed by atoms with Crippen molar-refractivity contribution >= 4 is 23.3 Å². The maximum atomic E-state index is 12.3. The summed E-state index contributed by atoms with van der Waals surface area (Å²) in [7, 11) is 0. The van der Waals surface area contributed by atoms with E-state index in [9.17, 15) is 4.79 Å². The molecule has 0 unspecified atom stereocenters. The molecule has 0 spiro atoms. The van der Waals surface area contributed by atoms with Crippen molar-refractivity contribution in [2.24, 2.45) is 0 Å². The second-order valence-corrected chi connectivity index (χ2v) is 7.57. The molecule has 3 aliphatic rings. The van der Waals surface area contributed by atoms with E-state index in [1.54, 1.807) is 6.07 Å². The van der Waals surface area contributed by atoms with E-state index in [0.29, 0.717) is 22.8 Å². The van der Waals surface area contributed by atoms with E-state index in [1.807, 2.05) is 18.2 Å². The number of halogens is 1. The third-order valence-electron chi connectivity index (χ3n) is 5.46. The van der Waals surface area contributed by atoms with Crippen LogP contribution in [0.3, 0.4) is 0 Å². The van der Waals surface area contributed by atoms with E-state index in [2.05, 4.69) is 15.5 Å². The van der Waals surface area contributed by atoms with Gasteiger partial charge in [0.25, 0.3) is 0 Å². The van der Waals surface area contributed by atoms with Crippen molar-refractivity contribution in [2.45, 2.75) is 69.1 Å². The van der Waals surface area contributed by atoms with Gasteiger partial charge in [-0.15, -0.1) is 0 Å². The molecule has 2 bridgehead atoms. The van der Waals surface area contributed by atoms with Crippen molar-refractivity contribution in [1.82, 2.24) is 10.2 Å². The van der Waals surface area contributed by atoms with Gasteiger partial charge in [0.15, 0.2) is 0 Å². The van der Waals surface area contributed by atoms with Crippen molar-refractivity contribution in [1.29, 1.82) is 0 Å². The van der Waals surface area contributed by atoms with Crippen LogP contribution in [0.1, 0.15) is 44.9 Å². The summed E-state index contributed by atoms with van der Waals surface area (Å²) in [5.74, 6) is 0. The summed E-state index contributed by atoms with van der Waals surface area (Å²) in [6.07, 6.45) is 8.84. The van der Waals surface area contributed by atoms with Crippen molar-refractivity contribution in [3.05, 3.63) is 29.3 Å². The zero-order chi connectivity index (χ0) is 15.8. The lowest BCUT2D eigenvalue weighted by molar-refractivity contribution is 0.0198. The van der Waals surface area contributed by atoms with Crippen molar-refractivity contribution in [3.63, 3.8) is 0 Å². The first kappa shape index (κ1) is 15.3. The molecular formula is C18H24ClN3O. The number of urea groups is 1. The number of para-hydroxylation sites is 1. The van der Waals surface area contributed by atoms with E-state index in [4.69, 9.17) is 11.6 Å². The number of hydrogen-bond donors (Lipinski definition) is 2. The lowest BCUT2D eigenvalue weighted by Crippen LogP contribution is -2.58. The minimum atomic E-state index is -0.138. The van der Waals surface area contributed by atoms with E-state index < -0.39 is 0 Å². The van der Waals surface area contributed by atoms with Crippen LogP contribution in [0.2, 0.25) is 5.02 Å². The van der Waals surface area contributed by atoms with Gasteiger partial charge >= 0.3 is 6.03 Å². The first-order chi connectivity index (χ1) is 11.2. The fourth-order valence-electron chi connectivity index (χ4n) is 4.41. The molecule has 5 heteroatoms. The van der Waals surface area contributed by atoms with Gasteiger partial charge in [-0.25, -0.2) is 4.79 Å². The molecule has 1 aliphatic carbocycles. The number of anilines is 1. The Morgan fingerprint density at radius 2 is 1.74 bits per heavy atom. The number of benzene rings is 1. The molecule has 2 N–H and O–H groups in total. The number of piperidine rings is 2. The summed E-state index contributed by atoms with van der Waals surface area (Å²) in [5.41, 5.74) is 0.669. The highest BCUT2D eigenvalue weighted by atomic mass is 35.5. The molecule has 1 saturated carbocycles. The number of rotatable bonds is 3. The Balaban J connectivity index is 1.36. The SMILES string of the molecule is O=C(Nc1ccccc1Cl)NC1C[C@@H]2CCC[C@@H](C1)N2C1CC1. The molecule has 3 fully saturated rings. The quantitative estimate of drug-likeness (QED) is 0.877. The predicted octanol–water partition coefficient (Wildman–Crippen LogP) is 4.01. The monoisotopic (exact) mass is 333 g/mol. The van der Waals surface area contributed by atoms with Gasteiger partial charge in [0.05, 0.1) is 10.7 Å².